The van der Waals surface area contributed by atoms with E-state index >= 15 is 0 Å². The van der Waals surface area contributed by atoms with E-state index in [0.29, 0.717) is 0 Å². The highest BCUT2D eigenvalue weighted by molar-refractivity contribution is 5.85. The van der Waals surface area contributed by atoms with Crippen LogP contribution in [0.1, 0.15) is 19.8 Å². The van der Waals surface area contributed by atoms with Crippen LogP contribution in [0.5, 0.6) is 0 Å². The normalized spacial score (nSPS) is 12.2. The molecule has 0 fully saturated rings. The third-order valence-corrected chi connectivity index (χ3v) is 2.47. The minimum absolute atomic E-state index is 0. The highest BCUT2D eigenvalue weighted by Crippen LogP contribution is 1.76. The smallest absolute Gasteiger partial charge is 0.0931 e. The molecule has 1 atom stereocenters. The average molecular weight is 298 g/mol. The predicted molar refractivity (Wildman–Crippen MR) is 83.8 cm³/mol. The zero-order valence-electron chi connectivity index (χ0n) is 12.1. The van der Waals surface area contributed by atoms with Crippen LogP contribution in [-0.4, -0.2) is 63.7 Å². The fourth-order valence-electron chi connectivity index (χ4n) is 1.51. The molecule has 0 saturated carbocycles. The summed E-state index contributed by atoms with van der Waals surface area (Å²) in [6.45, 7) is 8.88. The first-order valence-corrected chi connectivity index (χ1v) is 6.96. The Kier molecular flexibility index (Phi) is 20.3. The lowest BCUT2D eigenvalue weighted by molar-refractivity contribution is 0.260. The highest BCUT2D eigenvalue weighted by atomic mass is 35.5. The molecule has 19 heavy (non-hydrogen) atoms. The zero-order chi connectivity index (χ0) is 13.5. The van der Waals surface area contributed by atoms with Crippen LogP contribution in [0.25, 0.3) is 0 Å². The fraction of sp³-hybridized carbons (Fsp3) is 1.00. The summed E-state index contributed by atoms with van der Waals surface area (Å²) in [5.41, 5.74) is 5.63. The second-order valence-corrected chi connectivity index (χ2v) is 4.55. The summed E-state index contributed by atoms with van der Waals surface area (Å²) in [6.07, 6.45) is 2.18. The van der Waals surface area contributed by atoms with Crippen LogP contribution >= 0.6 is 12.4 Å². The molecular weight excluding hydrogens is 266 g/mol. The summed E-state index contributed by atoms with van der Waals surface area (Å²) < 4.78 is 0. The molecule has 7 N–H and O–H groups in total. The molecule has 0 rings (SSSR count). The zero-order valence-corrected chi connectivity index (χ0v) is 12.9. The third-order valence-electron chi connectivity index (χ3n) is 2.47. The van der Waals surface area contributed by atoms with Crippen molar-refractivity contribution in [3.8, 4) is 0 Å². The van der Waals surface area contributed by atoms with Gasteiger partial charge < -0.3 is 26.8 Å². The van der Waals surface area contributed by atoms with Crippen molar-refractivity contribution < 1.29 is 5.11 Å². The predicted octanol–water partition coefficient (Wildman–Crippen LogP) is -1.16. The van der Waals surface area contributed by atoms with Crippen LogP contribution in [0.2, 0.25) is 0 Å². The van der Waals surface area contributed by atoms with E-state index in [2.05, 4.69) is 21.3 Å². The second kappa shape index (κ2) is 18.0. The van der Waals surface area contributed by atoms with Gasteiger partial charge in [0.05, 0.1) is 6.73 Å². The summed E-state index contributed by atoms with van der Waals surface area (Å²) in [4.78, 5) is 0. The molecule has 0 spiro atoms. The molecule has 0 aliphatic heterocycles. The lowest BCUT2D eigenvalue weighted by Crippen LogP contribution is -2.33. The van der Waals surface area contributed by atoms with Crippen LogP contribution in [-0.2, 0) is 0 Å². The second-order valence-electron chi connectivity index (χ2n) is 4.55. The van der Waals surface area contributed by atoms with Gasteiger partial charge in [0.25, 0.3) is 0 Å². The molecule has 0 aromatic heterocycles. The van der Waals surface area contributed by atoms with Gasteiger partial charge in [0, 0.05) is 25.7 Å². The van der Waals surface area contributed by atoms with Gasteiger partial charge in [-0.2, -0.15) is 0 Å². The summed E-state index contributed by atoms with van der Waals surface area (Å²) in [5.74, 6) is 0. The van der Waals surface area contributed by atoms with E-state index in [0.717, 1.165) is 58.7 Å². The molecule has 0 amide bonds. The molecule has 0 aromatic rings. The number of hydrogen-bond donors (Lipinski definition) is 6. The number of nitrogens with one attached hydrogen (secondary N) is 4. The Hall–Kier alpha value is 0.0500. The van der Waals surface area contributed by atoms with Crippen molar-refractivity contribution in [2.75, 3.05) is 52.5 Å². The molecule has 118 valence electrons. The van der Waals surface area contributed by atoms with Crippen molar-refractivity contribution in [3.05, 3.63) is 0 Å². The van der Waals surface area contributed by atoms with Crippen molar-refractivity contribution in [1.82, 2.24) is 21.3 Å². The lowest BCUT2D eigenvalue weighted by Gasteiger charge is -2.08. The Balaban J connectivity index is 0. The highest BCUT2D eigenvalue weighted by Gasteiger charge is 1.93. The molecule has 7 heteroatoms. The standard InChI is InChI=1S/C12H31N5O.ClH/c1-12(13)10-16-6-2-4-14-8-9-15-5-3-7-17-11-18;/h12,14-18H,2-11,13H2,1H3;1H. The first-order chi connectivity index (χ1) is 8.77. The molecule has 0 bridgehead atoms. The van der Waals surface area contributed by atoms with Crippen molar-refractivity contribution in [1.29, 1.82) is 0 Å². The number of nitrogens with two attached hydrogens (primary N) is 1. The van der Waals surface area contributed by atoms with E-state index in [4.69, 9.17) is 10.8 Å². The van der Waals surface area contributed by atoms with Gasteiger partial charge in [-0.25, -0.2) is 0 Å². The Bertz CT molecular complexity index is 163. The molecular formula is C12H32ClN5O. The number of aliphatic hydroxyl groups is 1. The van der Waals surface area contributed by atoms with Gasteiger partial charge in [0.1, 0.15) is 0 Å². The van der Waals surface area contributed by atoms with E-state index < -0.39 is 0 Å². The van der Waals surface area contributed by atoms with Gasteiger partial charge >= 0.3 is 0 Å². The van der Waals surface area contributed by atoms with Crippen LogP contribution < -0.4 is 27.0 Å². The molecule has 0 aliphatic carbocycles. The molecule has 1 unspecified atom stereocenters. The Morgan fingerprint density at radius 1 is 0.842 bits per heavy atom. The maximum Gasteiger partial charge on any atom is 0.0931 e. The van der Waals surface area contributed by atoms with Crippen LogP contribution in [0, 0.1) is 0 Å². The average Bonchev–Trinajstić information content (AvgIpc) is 2.34. The maximum atomic E-state index is 8.50. The Morgan fingerprint density at radius 2 is 1.32 bits per heavy atom. The van der Waals surface area contributed by atoms with Gasteiger partial charge in [0.2, 0.25) is 0 Å². The number of halogens is 1. The number of aliphatic hydroxyl groups excluding tert-OH is 1. The van der Waals surface area contributed by atoms with Crippen molar-refractivity contribution >= 4 is 12.4 Å². The van der Waals surface area contributed by atoms with E-state index in [1.807, 2.05) is 6.92 Å². The SMILES string of the molecule is CC(N)CNCCCNCCNCCCNCO.Cl. The van der Waals surface area contributed by atoms with Crippen molar-refractivity contribution in [2.45, 2.75) is 25.8 Å². The minimum atomic E-state index is 0. The summed E-state index contributed by atoms with van der Waals surface area (Å²) in [5, 5.41) is 21.4. The van der Waals surface area contributed by atoms with E-state index in [9.17, 15) is 0 Å². The van der Waals surface area contributed by atoms with Crippen molar-refractivity contribution in [2.24, 2.45) is 5.73 Å². The third kappa shape index (κ3) is 20.5. The topological polar surface area (TPSA) is 94.4 Å². The molecule has 0 saturated heterocycles. The van der Waals surface area contributed by atoms with E-state index in [1.54, 1.807) is 0 Å². The van der Waals surface area contributed by atoms with Gasteiger partial charge in [-0.3, -0.25) is 5.32 Å². The van der Waals surface area contributed by atoms with Crippen LogP contribution in [0.4, 0.5) is 0 Å². The van der Waals surface area contributed by atoms with Gasteiger partial charge in [-0.15, -0.1) is 12.4 Å². The van der Waals surface area contributed by atoms with E-state index in [1.165, 1.54) is 0 Å². The number of hydrogen-bond acceptors (Lipinski definition) is 6. The quantitative estimate of drug-likeness (QED) is 0.179. The fourth-order valence-corrected chi connectivity index (χ4v) is 1.51. The number of rotatable bonds is 14. The van der Waals surface area contributed by atoms with Crippen LogP contribution in [0.3, 0.4) is 0 Å². The largest absolute Gasteiger partial charge is 0.381 e. The minimum Gasteiger partial charge on any atom is -0.381 e. The first-order valence-electron chi connectivity index (χ1n) is 6.96. The van der Waals surface area contributed by atoms with Gasteiger partial charge in [-0.05, 0) is 45.9 Å². The maximum absolute atomic E-state index is 8.50. The Morgan fingerprint density at radius 3 is 1.79 bits per heavy atom. The summed E-state index contributed by atoms with van der Waals surface area (Å²) in [6, 6.07) is 0.238. The summed E-state index contributed by atoms with van der Waals surface area (Å²) in [7, 11) is 0. The monoisotopic (exact) mass is 297 g/mol. The van der Waals surface area contributed by atoms with Crippen molar-refractivity contribution in [3.63, 3.8) is 0 Å². The van der Waals surface area contributed by atoms with Crippen LogP contribution in [0.15, 0.2) is 0 Å². The molecule has 0 radical (unpaired) electrons. The Labute approximate surface area is 123 Å². The molecule has 6 nitrogen and oxygen atoms in total. The molecule has 0 heterocycles. The lowest BCUT2D eigenvalue weighted by atomic mass is 10.3. The molecule has 0 aromatic carbocycles. The van der Waals surface area contributed by atoms with Gasteiger partial charge in [0.15, 0.2) is 0 Å². The first kappa shape index (κ1) is 21.4. The van der Waals surface area contributed by atoms with E-state index in [-0.39, 0.29) is 25.2 Å². The van der Waals surface area contributed by atoms with Gasteiger partial charge in [-0.1, -0.05) is 0 Å². The molecule has 0 aliphatic rings. The summed E-state index contributed by atoms with van der Waals surface area (Å²) >= 11 is 0.